The van der Waals surface area contributed by atoms with Gasteiger partial charge in [0.1, 0.15) is 46.9 Å². The average Bonchev–Trinajstić information content (AvgIpc) is 3.74. The lowest BCUT2D eigenvalue weighted by molar-refractivity contribution is -0.162. The van der Waals surface area contributed by atoms with E-state index in [1.807, 2.05) is 71.9 Å². The highest BCUT2D eigenvalue weighted by atomic mass is 16.6. The number of amides is 4. The highest BCUT2D eigenvalue weighted by Crippen LogP contribution is 2.37. The Bertz CT molecular complexity index is 2800. The Labute approximate surface area is 522 Å². The van der Waals surface area contributed by atoms with E-state index in [0.717, 1.165) is 5.56 Å². The normalized spacial score (nSPS) is 22.5. The number of carbonyl (C=O) groups is 8. The van der Waals surface area contributed by atoms with Gasteiger partial charge in [0.2, 0.25) is 23.6 Å². The summed E-state index contributed by atoms with van der Waals surface area (Å²) >= 11 is 0. The maximum Gasteiger partial charge on any atom is 0.328 e. The number of aliphatic hydroxyl groups is 1. The van der Waals surface area contributed by atoms with Crippen LogP contribution in [0.3, 0.4) is 0 Å². The molecule has 0 aromatic heterocycles. The second-order valence-corrected chi connectivity index (χ2v) is 25.6. The van der Waals surface area contributed by atoms with Crippen LogP contribution in [0.1, 0.15) is 135 Å². The van der Waals surface area contributed by atoms with Crippen LogP contribution in [-0.4, -0.2) is 174 Å². The lowest BCUT2D eigenvalue weighted by Gasteiger charge is -2.36. The highest BCUT2D eigenvalue weighted by Gasteiger charge is 2.48. The summed E-state index contributed by atoms with van der Waals surface area (Å²) in [6.07, 6.45) is 4.85. The van der Waals surface area contributed by atoms with Gasteiger partial charge in [0.15, 0.2) is 0 Å². The number of rotatable bonds is 25. The number of nitrogens with zero attached hydrogens (tertiary/aromatic N) is 2. The highest BCUT2D eigenvalue weighted by molar-refractivity contribution is 5.93. The van der Waals surface area contributed by atoms with Crippen molar-refractivity contribution in [2.24, 2.45) is 23.7 Å². The second kappa shape index (κ2) is 34.2. The summed E-state index contributed by atoms with van der Waals surface area (Å²) in [6, 6.07) is 19.1. The zero-order valence-corrected chi connectivity index (χ0v) is 53.0. The van der Waals surface area contributed by atoms with E-state index in [4.69, 9.17) is 38.3 Å². The van der Waals surface area contributed by atoms with Crippen molar-refractivity contribution < 1.29 is 86.8 Å². The van der Waals surface area contributed by atoms with E-state index in [2.05, 4.69) is 10.6 Å². The predicted octanol–water partition coefficient (Wildman–Crippen LogP) is 6.44. The van der Waals surface area contributed by atoms with Gasteiger partial charge in [0.05, 0.1) is 57.7 Å². The monoisotopic (exact) mass is 1240 g/mol. The molecule has 4 amide bonds. The first-order valence-electron chi connectivity index (χ1n) is 31.2. The lowest BCUT2D eigenvalue weighted by Crippen LogP contribution is -2.55. The van der Waals surface area contributed by atoms with E-state index in [0.29, 0.717) is 95.2 Å². The van der Waals surface area contributed by atoms with Crippen LogP contribution in [0.5, 0.6) is 11.5 Å². The number of carbonyl (C=O) groups excluding carboxylic acids is 8. The third-order valence-corrected chi connectivity index (χ3v) is 16.3. The third kappa shape index (κ3) is 22.7. The van der Waals surface area contributed by atoms with Gasteiger partial charge < -0.3 is 68.9 Å². The zero-order valence-electron chi connectivity index (χ0n) is 53.0. The second-order valence-electron chi connectivity index (χ2n) is 25.6. The molecule has 4 fully saturated rings. The van der Waals surface area contributed by atoms with Gasteiger partial charge in [0.25, 0.3) is 0 Å². The van der Waals surface area contributed by atoms with Gasteiger partial charge in [-0.3, -0.25) is 28.8 Å². The third-order valence-electron chi connectivity index (χ3n) is 16.3. The molecular weight excluding hydrogens is 1150 g/mol. The van der Waals surface area contributed by atoms with Crippen molar-refractivity contribution in [1.82, 2.24) is 20.4 Å². The van der Waals surface area contributed by atoms with Crippen molar-refractivity contribution in [3.63, 3.8) is 0 Å². The fraction of sp³-hybridized carbons (Fsp3) is 0.612. The van der Waals surface area contributed by atoms with Crippen molar-refractivity contribution in [3.8, 4) is 11.5 Å². The van der Waals surface area contributed by atoms with Gasteiger partial charge in [-0.1, -0.05) is 54.6 Å². The first-order valence-corrected chi connectivity index (χ1v) is 31.2. The summed E-state index contributed by atoms with van der Waals surface area (Å²) < 4.78 is 38.9. The molecule has 22 heteroatoms. The number of likely N-dealkylation sites (tertiary alicyclic amines) is 2. The number of phenols is 2. The van der Waals surface area contributed by atoms with Gasteiger partial charge >= 0.3 is 23.9 Å². The molecule has 4 aliphatic rings. The van der Waals surface area contributed by atoms with E-state index >= 15 is 0 Å². The van der Waals surface area contributed by atoms with E-state index < -0.39 is 71.3 Å². The maximum absolute atomic E-state index is 14.3. The molecule has 89 heavy (non-hydrogen) atoms. The van der Waals surface area contributed by atoms with Gasteiger partial charge in [0, 0.05) is 52.4 Å². The molecule has 490 valence electrons. The van der Waals surface area contributed by atoms with Gasteiger partial charge in [-0.2, -0.15) is 0 Å². The number of hydrogen-bond acceptors (Lipinski definition) is 18. The lowest BCUT2D eigenvalue weighted by atomic mass is 9.78. The molecule has 0 bridgehead atoms. The van der Waals surface area contributed by atoms with Crippen LogP contribution < -0.4 is 10.6 Å². The molecule has 2 heterocycles. The number of ether oxygens (including phenoxy) is 7. The molecular formula is C67H94N4O18. The topological polar surface area (TPSA) is 292 Å². The molecule has 0 unspecified atom stereocenters. The Hall–Kier alpha value is -7.14. The summed E-state index contributed by atoms with van der Waals surface area (Å²) in [6.45, 7) is 12.9. The number of benzene rings is 3. The van der Waals surface area contributed by atoms with Crippen LogP contribution in [0.2, 0.25) is 0 Å². The number of phenolic OH excluding ortho intramolecular Hbond substituents is 2. The van der Waals surface area contributed by atoms with Crippen molar-refractivity contribution in [3.05, 3.63) is 95.6 Å². The van der Waals surface area contributed by atoms with E-state index in [1.54, 1.807) is 24.3 Å². The Morgan fingerprint density at radius 1 is 0.528 bits per heavy atom. The maximum atomic E-state index is 14.3. The van der Waals surface area contributed by atoms with E-state index in [1.165, 1.54) is 48.3 Å². The number of esters is 4. The quantitative estimate of drug-likeness (QED) is 0.0346. The van der Waals surface area contributed by atoms with Crippen molar-refractivity contribution in [2.45, 2.75) is 186 Å². The Morgan fingerprint density at radius 3 is 1.31 bits per heavy atom. The van der Waals surface area contributed by atoms with Crippen molar-refractivity contribution >= 4 is 47.5 Å². The average molecular weight is 1240 g/mol. The fourth-order valence-corrected chi connectivity index (χ4v) is 12.0. The molecule has 0 radical (unpaired) electrons. The van der Waals surface area contributed by atoms with Crippen LogP contribution in [0.4, 0.5) is 0 Å². The van der Waals surface area contributed by atoms with Crippen molar-refractivity contribution in [2.75, 3.05) is 53.7 Å². The molecule has 3 aromatic carbocycles. The molecule has 3 aromatic rings. The van der Waals surface area contributed by atoms with Crippen molar-refractivity contribution in [1.29, 1.82) is 0 Å². The minimum atomic E-state index is -0.928. The number of aliphatic hydroxyl groups excluding tert-OH is 1. The number of aromatic hydroxyl groups is 2. The smallest absolute Gasteiger partial charge is 0.328 e. The van der Waals surface area contributed by atoms with Crippen LogP contribution in [0, 0.1) is 23.7 Å². The van der Waals surface area contributed by atoms with Crippen LogP contribution >= 0.6 is 0 Å². The Balaban J connectivity index is 0.000000287. The predicted molar refractivity (Wildman–Crippen MR) is 326 cm³/mol. The van der Waals surface area contributed by atoms with Gasteiger partial charge in [-0.25, -0.2) is 9.59 Å². The SMILES string of the molecule is COC(=O)[C@@H]1C[C@@H](OCCCO)CN1C(=O)[C@@H](NC(=O)Cc1cccc(O)c1)C1CCC(C(=O)OC(C)(C)C)CC1.COC(=O)[C@@H]1C[C@@H](OCCCOCc2ccccc2)CN1C(=O)[C@@H](NC(=O)Cc1cccc(O)c1)C1CCC(C(=O)OC(C)(C)C)CC1. The molecule has 22 nitrogen and oxygen atoms in total. The van der Waals surface area contributed by atoms with E-state index in [-0.39, 0.29) is 111 Å². The first kappa shape index (κ1) is 70.9. The minimum absolute atomic E-state index is 0.0327. The summed E-state index contributed by atoms with van der Waals surface area (Å²) in [5.74, 6) is -4.22. The van der Waals surface area contributed by atoms with Crippen LogP contribution in [0.25, 0.3) is 0 Å². The van der Waals surface area contributed by atoms with Crippen LogP contribution in [0.15, 0.2) is 78.9 Å². The number of hydrogen-bond donors (Lipinski definition) is 5. The fourth-order valence-electron chi connectivity index (χ4n) is 12.0. The van der Waals surface area contributed by atoms with Gasteiger partial charge in [-0.15, -0.1) is 0 Å². The Morgan fingerprint density at radius 2 is 0.933 bits per heavy atom. The number of methoxy groups -OCH3 is 2. The first-order chi connectivity index (χ1) is 42.3. The molecule has 2 saturated heterocycles. The number of nitrogens with one attached hydrogen (secondary N) is 2. The summed E-state index contributed by atoms with van der Waals surface area (Å²) in [7, 11) is 2.55. The molecule has 0 spiro atoms. The molecule has 6 atom stereocenters. The molecule has 2 aliphatic carbocycles. The molecule has 2 saturated carbocycles. The summed E-state index contributed by atoms with van der Waals surface area (Å²) in [4.78, 5) is 109. The molecule has 7 rings (SSSR count). The standard InChI is InChI=1S/C37H50N2O9.C30H44N2O9/c1-37(2,3)48-35(43)28-16-14-27(15-17-28)33(38-32(41)21-26-12-8-13-29(40)20-26)34(42)39-23-30(22-31(39)36(44)45-4)47-19-9-18-46-24-25-10-6-5-7-11-25;1-30(2,3)41-28(37)21-11-9-20(10-12-21)26(31-25(35)16-19-7-5-8-22(34)15-19)27(36)32-18-23(40-14-6-13-33)17-24(32)29(38)39-4/h5-8,10-13,20,27-28,30-31,33,40H,9,14-19,21-24H2,1-4H3,(H,38,41);5,7-8,15,20-21,23-24,26,33-34H,6,9-14,16-18H2,1-4H3,(H,31,35)/t27?,28?,30-,31+,33+;20?,21?,23-,24+,26+/m11/s1. The molecule has 5 N–H and O–H groups in total. The Kier molecular flexibility index (Phi) is 27.2. The molecule has 2 aliphatic heterocycles. The largest absolute Gasteiger partial charge is 0.508 e. The summed E-state index contributed by atoms with van der Waals surface area (Å²) in [5.41, 5.74) is 1.08. The van der Waals surface area contributed by atoms with Crippen LogP contribution in [-0.2, 0) is 91.0 Å². The van der Waals surface area contributed by atoms with Gasteiger partial charge in [-0.05, 0) is 159 Å². The zero-order chi connectivity index (χ0) is 64.8. The summed E-state index contributed by atoms with van der Waals surface area (Å²) in [5, 5.41) is 34.6. The van der Waals surface area contributed by atoms with E-state index in [9.17, 15) is 48.6 Å². The minimum Gasteiger partial charge on any atom is -0.508 e.